The number of rotatable bonds is 5. The van der Waals surface area contributed by atoms with Gasteiger partial charge in [-0.05, 0) is 84.7 Å². The van der Waals surface area contributed by atoms with Gasteiger partial charge in [-0.3, -0.25) is 4.99 Å². The molecular formula is C52H56N2O2. The predicted molar refractivity (Wildman–Crippen MR) is 238 cm³/mol. The van der Waals surface area contributed by atoms with E-state index in [1.165, 1.54) is 22.3 Å². The summed E-state index contributed by atoms with van der Waals surface area (Å²) < 4.78 is 6.74. The minimum absolute atomic E-state index is 0.110. The largest absolute Gasteiger partial charge is 0.507 e. The van der Waals surface area contributed by atoms with Gasteiger partial charge in [-0.2, -0.15) is 0 Å². The minimum Gasteiger partial charge on any atom is -0.507 e. The molecule has 1 N–H and O–H groups in total. The molecule has 0 spiro atoms. The van der Waals surface area contributed by atoms with E-state index in [1.54, 1.807) is 6.21 Å². The van der Waals surface area contributed by atoms with Crippen molar-refractivity contribution in [3.63, 3.8) is 0 Å². The van der Waals surface area contributed by atoms with E-state index >= 15 is 0 Å². The molecule has 4 nitrogen and oxygen atoms in total. The Morgan fingerprint density at radius 1 is 0.554 bits per heavy atom. The van der Waals surface area contributed by atoms with Crippen LogP contribution in [-0.2, 0) is 21.7 Å². The number of aliphatic imine (C=N–C) groups is 1. The average molecular weight is 741 g/mol. The second-order valence-corrected chi connectivity index (χ2v) is 19.4. The third kappa shape index (κ3) is 7.67. The van der Waals surface area contributed by atoms with Crippen LogP contribution in [0.4, 0.5) is 5.69 Å². The van der Waals surface area contributed by atoms with Crippen molar-refractivity contribution in [2.75, 3.05) is 0 Å². The van der Waals surface area contributed by atoms with Crippen molar-refractivity contribution in [3.8, 4) is 39.5 Å². The van der Waals surface area contributed by atoms with Crippen molar-refractivity contribution < 1.29 is 9.52 Å². The maximum absolute atomic E-state index is 11.6. The van der Waals surface area contributed by atoms with Crippen LogP contribution in [0.5, 0.6) is 5.75 Å². The van der Waals surface area contributed by atoms with E-state index in [0.717, 1.165) is 55.4 Å². The highest BCUT2D eigenvalue weighted by Gasteiger charge is 2.26. The summed E-state index contributed by atoms with van der Waals surface area (Å²) in [5.74, 6) is 0.758. The highest BCUT2D eigenvalue weighted by molar-refractivity contribution is 6.03. The molecule has 4 heteroatoms. The molecule has 56 heavy (non-hydrogen) atoms. The van der Waals surface area contributed by atoms with Crippen LogP contribution in [0.15, 0.2) is 119 Å². The molecular weight excluding hydrogens is 685 g/mol. The molecule has 7 aromatic rings. The topological polar surface area (TPSA) is 58.6 Å². The molecule has 0 unspecified atom stereocenters. The summed E-state index contributed by atoms with van der Waals surface area (Å²) in [4.78, 5) is 10.4. The fraction of sp³-hybridized carbons (Fsp3) is 0.308. The lowest BCUT2D eigenvalue weighted by Crippen LogP contribution is -2.17. The lowest BCUT2D eigenvalue weighted by Gasteiger charge is -2.27. The molecule has 0 saturated carbocycles. The van der Waals surface area contributed by atoms with Gasteiger partial charge in [0.05, 0.1) is 11.3 Å². The van der Waals surface area contributed by atoms with Crippen molar-refractivity contribution in [3.05, 3.63) is 137 Å². The molecule has 286 valence electrons. The van der Waals surface area contributed by atoms with E-state index in [9.17, 15) is 5.11 Å². The number of fused-ring (bicyclic) bond motifs is 2. The first kappa shape index (κ1) is 38.8. The predicted octanol–water partition coefficient (Wildman–Crippen LogP) is 14.6. The Morgan fingerprint density at radius 3 is 1.73 bits per heavy atom. The van der Waals surface area contributed by atoms with Crippen molar-refractivity contribution in [1.29, 1.82) is 0 Å². The van der Waals surface area contributed by atoms with Gasteiger partial charge in [0.1, 0.15) is 11.3 Å². The molecule has 0 atom stereocenters. The zero-order chi connectivity index (χ0) is 40.4. The molecule has 0 amide bonds. The van der Waals surface area contributed by atoms with E-state index < -0.39 is 0 Å². The fourth-order valence-electron chi connectivity index (χ4n) is 7.26. The zero-order valence-corrected chi connectivity index (χ0v) is 35.2. The summed E-state index contributed by atoms with van der Waals surface area (Å²) in [7, 11) is 0. The first-order valence-corrected chi connectivity index (χ1v) is 19.8. The molecule has 0 fully saturated rings. The van der Waals surface area contributed by atoms with E-state index in [-0.39, 0.29) is 27.4 Å². The second-order valence-electron chi connectivity index (χ2n) is 19.4. The first-order valence-electron chi connectivity index (χ1n) is 19.8. The first-order chi connectivity index (χ1) is 26.2. The number of benzene rings is 6. The lowest BCUT2D eigenvalue weighted by atomic mass is 9.79. The van der Waals surface area contributed by atoms with Gasteiger partial charge in [-0.25, -0.2) is 4.98 Å². The van der Waals surface area contributed by atoms with Crippen LogP contribution in [0.3, 0.4) is 0 Å². The van der Waals surface area contributed by atoms with E-state index in [1.807, 2.05) is 12.1 Å². The van der Waals surface area contributed by atoms with Gasteiger partial charge in [-0.1, -0.05) is 168 Å². The monoisotopic (exact) mass is 740 g/mol. The third-order valence-corrected chi connectivity index (χ3v) is 10.9. The molecule has 6 aromatic carbocycles. The Labute approximate surface area is 333 Å². The molecule has 0 radical (unpaired) electrons. The number of phenols is 1. The average Bonchev–Trinajstić information content (AvgIpc) is 3.56. The molecule has 0 aliphatic carbocycles. The van der Waals surface area contributed by atoms with Crippen molar-refractivity contribution in [2.24, 2.45) is 4.99 Å². The minimum atomic E-state index is -0.252. The summed E-state index contributed by atoms with van der Waals surface area (Å²) in [5.41, 5.74) is 12.4. The fourth-order valence-corrected chi connectivity index (χ4v) is 7.26. The van der Waals surface area contributed by atoms with Crippen molar-refractivity contribution in [1.82, 2.24) is 4.98 Å². The second kappa shape index (κ2) is 13.9. The van der Waals surface area contributed by atoms with E-state index in [4.69, 9.17) is 14.4 Å². The zero-order valence-electron chi connectivity index (χ0n) is 35.2. The molecule has 0 aliphatic rings. The summed E-state index contributed by atoms with van der Waals surface area (Å²) in [6.45, 7) is 26.4. The number of aromatic nitrogens is 1. The number of hydrogen-bond donors (Lipinski definition) is 1. The summed E-state index contributed by atoms with van der Waals surface area (Å²) in [5, 5.41) is 13.7. The van der Waals surface area contributed by atoms with Crippen LogP contribution in [0.25, 0.3) is 55.6 Å². The van der Waals surface area contributed by atoms with Crippen LogP contribution in [0.2, 0.25) is 0 Å². The highest BCUT2D eigenvalue weighted by Crippen LogP contribution is 2.43. The Hall–Kier alpha value is -5.48. The summed E-state index contributed by atoms with van der Waals surface area (Å²) >= 11 is 0. The lowest BCUT2D eigenvalue weighted by molar-refractivity contribution is 0.444. The van der Waals surface area contributed by atoms with Gasteiger partial charge < -0.3 is 9.52 Å². The molecule has 1 aromatic heterocycles. The normalized spacial score (nSPS) is 13.0. The van der Waals surface area contributed by atoms with Crippen LogP contribution >= 0.6 is 0 Å². The quantitative estimate of drug-likeness (QED) is 0.179. The summed E-state index contributed by atoms with van der Waals surface area (Å²) in [6.07, 6.45) is 1.80. The van der Waals surface area contributed by atoms with Crippen molar-refractivity contribution in [2.45, 2.75) is 105 Å². The number of phenolic OH excluding ortho intramolecular Hbond substituents is 1. The standard InChI is InChI=1S/C52H56N2O2/c1-49(2,3)37-24-21-33(22-25-37)32-17-19-35(20-18-32)42-28-39(51(7,8)9)30-44-46(42)54-48(56-44)41-26-23-34-15-13-14-16-40(34)45(41)53-31-36-27-38(50(4,5)6)29-43(47(36)55)52(10,11)12/h13-31,55H,1-12H3. The molecule has 0 bridgehead atoms. The Bertz CT molecular complexity index is 2590. The number of oxazole rings is 1. The highest BCUT2D eigenvalue weighted by atomic mass is 16.3. The smallest absolute Gasteiger partial charge is 0.229 e. The van der Waals surface area contributed by atoms with Gasteiger partial charge in [0.25, 0.3) is 0 Å². The molecule has 0 saturated heterocycles. The molecule has 1 heterocycles. The number of aromatic hydroxyl groups is 1. The SMILES string of the molecule is CC(C)(C)c1ccc(-c2ccc(-c3cc(C(C)(C)C)cc4oc(-c5ccc6ccccc6c5N=Cc5cc(C(C)(C)C)cc(C(C)(C)C)c5O)nc34)cc2)cc1. The maximum Gasteiger partial charge on any atom is 0.229 e. The molecule has 7 rings (SSSR count). The van der Waals surface area contributed by atoms with Gasteiger partial charge in [-0.15, -0.1) is 0 Å². The van der Waals surface area contributed by atoms with Crippen LogP contribution in [0.1, 0.15) is 111 Å². The number of nitrogens with zero attached hydrogens (tertiary/aromatic N) is 2. The Kier molecular flexibility index (Phi) is 9.64. The van der Waals surface area contributed by atoms with Gasteiger partial charge in [0.2, 0.25) is 5.89 Å². The van der Waals surface area contributed by atoms with Gasteiger partial charge in [0.15, 0.2) is 5.58 Å². The van der Waals surface area contributed by atoms with Gasteiger partial charge in [0, 0.05) is 28.3 Å². The van der Waals surface area contributed by atoms with Crippen LogP contribution in [0, 0.1) is 0 Å². The Morgan fingerprint density at radius 2 is 1.12 bits per heavy atom. The summed E-state index contributed by atoms with van der Waals surface area (Å²) in [6, 6.07) is 38.7. The van der Waals surface area contributed by atoms with E-state index in [0.29, 0.717) is 11.5 Å². The third-order valence-electron chi connectivity index (χ3n) is 10.9. The van der Waals surface area contributed by atoms with Crippen LogP contribution in [-0.4, -0.2) is 16.3 Å². The molecule has 0 aliphatic heterocycles. The number of hydrogen-bond acceptors (Lipinski definition) is 4. The van der Waals surface area contributed by atoms with Crippen LogP contribution < -0.4 is 0 Å². The van der Waals surface area contributed by atoms with Gasteiger partial charge >= 0.3 is 0 Å². The Balaban J connectivity index is 1.37. The van der Waals surface area contributed by atoms with Crippen molar-refractivity contribution >= 4 is 33.8 Å². The maximum atomic E-state index is 11.6. The van der Waals surface area contributed by atoms with E-state index in [2.05, 4.69) is 180 Å².